The molecule has 0 aliphatic carbocycles. The van der Waals surface area contributed by atoms with E-state index in [4.69, 9.17) is 9.47 Å². The highest BCUT2D eigenvalue weighted by Gasteiger charge is 2.59. The van der Waals surface area contributed by atoms with E-state index in [0.29, 0.717) is 23.7 Å². The third-order valence-corrected chi connectivity index (χ3v) is 7.17. The molecule has 5 rings (SSSR count). The fourth-order valence-electron chi connectivity index (χ4n) is 5.33. The lowest BCUT2D eigenvalue weighted by Gasteiger charge is -2.41. The Kier molecular flexibility index (Phi) is 6.44. The van der Waals surface area contributed by atoms with Crippen molar-refractivity contribution in [2.45, 2.75) is 43.3 Å². The number of anilines is 1. The molecule has 1 aromatic carbocycles. The second kappa shape index (κ2) is 9.58. The van der Waals surface area contributed by atoms with Crippen LogP contribution in [0.3, 0.4) is 0 Å². The number of amides is 1. The van der Waals surface area contributed by atoms with Gasteiger partial charge in [0.1, 0.15) is 11.8 Å². The van der Waals surface area contributed by atoms with Crippen molar-refractivity contribution < 1.29 is 28.2 Å². The molecule has 3 aromatic rings. The molecular formula is C25H28F2N6O4. The fourth-order valence-corrected chi connectivity index (χ4v) is 5.33. The SMILES string of the molecule is COCOc1cc(-c2cnn(C)c2)ccc1-c1ccc(N(C)[C@H]2C[C@@H]3CC(F)(F)[C@H](C2)N3C(=O)O)nn1. The molecule has 37 heavy (non-hydrogen) atoms. The Balaban J connectivity index is 1.37. The maximum atomic E-state index is 14.5. The first-order valence-corrected chi connectivity index (χ1v) is 11.9. The molecule has 12 heteroatoms. The van der Waals surface area contributed by atoms with Crippen molar-refractivity contribution in [2.75, 3.05) is 25.9 Å². The smallest absolute Gasteiger partial charge is 0.408 e. The van der Waals surface area contributed by atoms with Crippen LogP contribution in [-0.4, -0.2) is 81.1 Å². The standard InChI is InChI=1S/C25H28F2N6O4/c1-31-13-16(12-28-31)15-4-5-19(21(8-15)37-14-36-3)20-6-7-23(30-29-20)32(2)17-9-18-11-25(26,27)22(10-17)33(18)24(34)35/h4-8,12-13,17-18,22H,9-11,14H2,1-3H3,(H,34,35)/t17-,18+,22-/m0/s1. The molecule has 10 nitrogen and oxygen atoms in total. The first-order valence-electron chi connectivity index (χ1n) is 11.9. The van der Waals surface area contributed by atoms with Gasteiger partial charge in [-0.05, 0) is 42.7 Å². The van der Waals surface area contributed by atoms with Crippen LogP contribution in [0.4, 0.5) is 19.4 Å². The summed E-state index contributed by atoms with van der Waals surface area (Å²) in [6, 6.07) is 6.97. The Morgan fingerprint density at radius 2 is 2.03 bits per heavy atom. The van der Waals surface area contributed by atoms with E-state index in [0.717, 1.165) is 21.6 Å². The van der Waals surface area contributed by atoms with Crippen molar-refractivity contribution in [1.82, 2.24) is 24.9 Å². The molecule has 1 amide bonds. The second-order valence-corrected chi connectivity index (χ2v) is 9.50. The second-order valence-electron chi connectivity index (χ2n) is 9.50. The molecule has 0 radical (unpaired) electrons. The first-order chi connectivity index (χ1) is 17.7. The van der Waals surface area contributed by atoms with Crippen molar-refractivity contribution in [1.29, 1.82) is 0 Å². The Morgan fingerprint density at radius 1 is 1.22 bits per heavy atom. The number of rotatable bonds is 7. The predicted molar refractivity (Wildman–Crippen MR) is 131 cm³/mol. The summed E-state index contributed by atoms with van der Waals surface area (Å²) in [5.74, 6) is -1.94. The van der Waals surface area contributed by atoms with Crippen LogP contribution >= 0.6 is 0 Å². The molecule has 3 atom stereocenters. The van der Waals surface area contributed by atoms with Crippen molar-refractivity contribution in [3.05, 3.63) is 42.7 Å². The van der Waals surface area contributed by atoms with E-state index in [1.807, 2.05) is 36.3 Å². The van der Waals surface area contributed by atoms with Gasteiger partial charge in [-0.25, -0.2) is 13.6 Å². The van der Waals surface area contributed by atoms with E-state index in [-0.39, 0.29) is 19.3 Å². The highest BCUT2D eigenvalue weighted by Crippen LogP contribution is 2.47. The zero-order valence-corrected chi connectivity index (χ0v) is 20.7. The Bertz CT molecular complexity index is 1280. The minimum Gasteiger partial charge on any atom is -0.467 e. The Morgan fingerprint density at radius 3 is 2.65 bits per heavy atom. The van der Waals surface area contributed by atoms with Gasteiger partial charge in [-0.2, -0.15) is 5.10 Å². The minimum absolute atomic E-state index is 0.0283. The monoisotopic (exact) mass is 514 g/mol. The lowest BCUT2D eigenvalue weighted by molar-refractivity contribution is -0.0363. The summed E-state index contributed by atoms with van der Waals surface area (Å²) in [6.45, 7) is 0.0553. The van der Waals surface area contributed by atoms with Crippen LogP contribution in [0.15, 0.2) is 42.7 Å². The summed E-state index contributed by atoms with van der Waals surface area (Å²) in [4.78, 5) is 14.3. The van der Waals surface area contributed by atoms with Crippen LogP contribution in [0, 0.1) is 0 Å². The third kappa shape index (κ3) is 4.68. The van der Waals surface area contributed by atoms with Crippen LogP contribution < -0.4 is 9.64 Å². The quantitative estimate of drug-likeness (QED) is 0.474. The molecule has 0 unspecified atom stereocenters. The molecule has 4 heterocycles. The Hall–Kier alpha value is -3.80. The number of hydrogen-bond acceptors (Lipinski definition) is 7. The summed E-state index contributed by atoms with van der Waals surface area (Å²) in [6.07, 6.45) is 2.27. The molecule has 2 fully saturated rings. The summed E-state index contributed by atoms with van der Waals surface area (Å²) >= 11 is 0. The lowest BCUT2D eigenvalue weighted by Crippen LogP contribution is -2.54. The third-order valence-electron chi connectivity index (χ3n) is 7.17. The van der Waals surface area contributed by atoms with Crippen molar-refractivity contribution in [3.63, 3.8) is 0 Å². The molecule has 2 aliphatic rings. The first kappa shape index (κ1) is 24.9. The molecule has 2 aliphatic heterocycles. The number of fused-ring (bicyclic) bond motifs is 2. The van der Waals surface area contributed by atoms with Crippen LogP contribution in [0.25, 0.3) is 22.4 Å². The highest BCUT2D eigenvalue weighted by atomic mass is 19.3. The van der Waals surface area contributed by atoms with Crippen molar-refractivity contribution in [3.8, 4) is 28.1 Å². The van der Waals surface area contributed by atoms with Gasteiger partial charge in [0.2, 0.25) is 0 Å². The maximum Gasteiger partial charge on any atom is 0.408 e. The number of ether oxygens (including phenoxy) is 2. The topological polar surface area (TPSA) is 106 Å². The zero-order valence-electron chi connectivity index (χ0n) is 20.7. The number of nitrogens with zero attached hydrogens (tertiary/aromatic N) is 6. The van der Waals surface area contributed by atoms with Gasteiger partial charge in [0.15, 0.2) is 12.6 Å². The van der Waals surface area contributed by atoms with Gasteiger partial charge in [-0.3, -0.25) is 9.58 Å². The zero-order chi connectivity index (χ0) is 26.3. The maximum absolute atomic E-state index is 14.5. The normalized spacial score (nSPS) is 22.2. The fraction of sp³-hybridized carbons (Fsp3) is 0.440. The van der Waals surface area contributed by atoms with E-state index >= 15 is 0 Å². The van der Waals surface area contributed by atoms with E-state index in [2.05, 4.69) is 15.3 Å². The molecule has 1 N–H and O–H groups in total. The number of piperidine rings is 1. The van der Waals surface area contributed by atoms with Crippen molar-refractivity contribution in [2.24, 2.45) is 7.05 Å². The summed E-state index contributed by atoms with van der Waals surface area (Å²) < 4.78 is 41.6. The molecule has 196 valence electrons. The van der Waals surface area contributed by atoms with E-state index in [9.17, 15) is 18.7 Å². The largest absolute Gasteiger partial charge is 0.467 e. The van der Waals surface area contributed by atoms with E-state index < -0.39 is 30.5 Å². The average molecular weight is 515 g/mol. The molecule has 0 spiro atoms. The number of benzene rings is 1. The van der Waals surface area contributed by atoms with Gasteiger partial charge in [0.25, 0.3) is 5.92 Å². The highest BCUT2D eigenvalue weighted by molar-refractivity contribution is 5.74. The number of aromatic nitrogens is 4. The van der Waals surface area contributed by atoms with Gasteiger partial charge in [-0.15, -0.1) is 10.2 Å². The number of hydrogen-bond donors (Lipinski definition) is 1. The lowest BCUT2D eigenvalue weighted by atomic mass is 9.96. The van der Waals surface area contributed by atoms with Crippen molar-refractivity contribution >= 4 is 11.9 Å². The van der Waals surface area contributed by atoms with Crippen LogP contribution in [0.5, 0.6) is 5.75 Å². The number of carboxylic acid groups (broad SMARTS) is 1. The molecule has 2 aromatic heterocycles. The number of aryl methyl sites for hydroxylation is 1. The number of methoxy groups -OCH3 is 1. The van der Waals surface area contributed by atoms with Gasteiger partial charge in [0, 0.05) is 57.0 Å². The summed E-state index contributed by atoms with van der Waals surface area (Å²) in [5.41, 5.74) is 3.16. The summed E-state index contributed by atoms with van der Waals surface area (Å²) in [7, 11) is 5.16. The van der Waals surface area contributed by atoms with Gasteiger partial charge >= 0.3 is 6.09 Å². The number of carbonyl (C=O) groups is 1. The predicted octanol–water partition coefficient (Wildman–Crippen LogP) is 3.88. The van der Waals surface area contributed by atoms with E-state index in [1.165, 1.54) is 7.11 Å². The minimum atomic E-state index is -3.03. The van der Waals surface area contributed by atoms with Crippen LogP contribution in [0.1, 0.15) is 19.3 Å². The molecule has 2 saturated heterocycles. The van der Waals surface area contributed by atoms with Crippen LogP contribution in [0.2, 0.25) is 0 Å². The molecule has 0 saturated carbocycles. The molecular weight excluding hydrogens is 486 g/mol. The Labute approximate surface area is 212 Å². The number of halogens is 2. The van der Waals surface area contributed by atoms with Gasteiger partial charge in [-0.1, -0.05) is 6.07 Å². The number of alkyl halides is 2. The van der Waals surface area contributed by atoms with Gasteiger partial charge in [0.05, 0.1) is 11.9 Å². The average Bonchev–Trinajstić information content (AvgIpc) is 3.38. The van der Waals surface area contributed by atoms with Crippen LogP contribution in [-0.2, 0) is 11.8 Å². The molecule has 2 bridgehead atoms. The van der Waals surface area contributed by atoms with Gasteiger partial charge < -0.3 is 19.5 Å². The van der Waals surface area contributed by atoms with E-state index in [1.54, 1.807) is 30.1 Å². The summed E-state index contributed by atoms with van der Waals surface area (Å²) in [5, 5.41) is 22.4.